The zero-order chi connectivity index (χ0) is 20.1. The number of ketones is 1. The van der Waals surface area contributed by atoms with Crippen molar-refractivity contribution in [1.82, 2.24) is 5.32 Å². The van der Waals surface area contributed by atoms with Crippen LogP contribution in [0, 0.1) is 5.92 Å². The second kappa shape index (κ2) is 9.46. The van der Waals surface area contributed by atoms with Gasteiger partial charge in [-0.05, 0) is 37.0 Å². The van der Waals surface area contributed by atoms with Gasteiger partial charge < -0.3 is 10.6 Å². The number of hydrogen-bond acceptors (Lipinski definition) is 4. The molecule has 1 amide bonds. The van der Waals surface area contributed by atoms with E-state index < -0.39 is 6.04 Å². The fourth-order valence-corrected chi connectivity index (χ4v) is 4.73. The van der Waals surface area contributed by atoms with Crippen LogP contribution in [-0.4, -0.2) is 29.0 Å². The number of rotatable bonds is 8. The van der Waals surface area contributed by atoms with Crippen molar-refractivity contribution in [2.24, 2.45) is 5.92 Å². The van der Waals surface area contributed by atoms with E-state index >= 15 is 0 Å². The van der Waals surface area contributed by atoms with Gasteiger partial charge in [0.25, 0.3) is 5.91 Å². The van der Waals surface area contributed by atoms with Crippen LogP contribution in [0.2, 0.25) is 0 Å². The molecule has 4 nitrogen and oxygen atoms in total. The average Bonchev–Trinajstić information content (AvgIpc) is 2.69. The Balaban J connectivity index is 1.69. The van der Waals surface area contributed by atoms with Gasteiger partial charge in [-0.3, -0.25) is 9.59 Å². The van der Waals surface area contributed by atoms with Crippen molar-refractivity contribution in [1.29, 1.82) is 0 Å². The maximum atomic E-state index is 12.9. The Labute approximate surface area is 172 Å². The maximum Gasteiger partial charge on any atom is 0.251 e. The smallest absolute Gasteiger partial charge is 0.251 e. The largest absolute Gasteiger partial charge is 0.376 e. The minimum atomic E-state index is -0.402. The third-order valence-corrected chi connectivity index (χ3v) is 6.42. The Morgan fingerprint density at radius 1 is 1.25 bits per heavy atom. The average molecular weight is 399 g/mol. The predicted molar refractivity (Wildman–Crippen MR) is 117 cm³/mol. The lowest BCUT2D eigenvalue weighted by atomic mass is 9.96. The van der Waals surface area contributed by atoms with Crippen molar-refractivity contribution >= 4 is 29.1 Å². The summed E-state index contributed by atoms with van der Waals surface area (Å²) in [6.07, 6.45) is 9.03. The van der Waals surface area contributed by atoms with Crippen LogP contribution in [0.3, 0.4) is 0 Å². The number of thioether (sulfide) groups is 1. The predicted octanol–water partition coefficient (Wildman–Crippen LogP) is 4.73. The number of Topliss-reactive ketones (excluding diaryl/α,β-unsaturated/α-hetero) is 1. The molecule has 28 heavy (non-hydrogen) atoms. The van der Waals surface area contributed by atoms with Gasteiger partial charge in [-0.25, -0.2) is 0 Å². The van der Waals surface area contributed by atoms with Crippen LogP contribution in [0.15, 0.2) is 53.0 Å². The van der Waals surface area contributed by atoms with Crippen LogP contribution >= 0.6 is 11.8 Å². The zero-order valence-corrected chi connectivity index (χ0v) is 17.7. The first-order valence-corrected chi connectivity index (χ1v) is 11.1. The fraction of sp³-hybridized carbons (Fsp3) is 0.478. The lowest BCUT2D eigenvalue weighted by Crippen LogP contribution is -2.43. The molecule has 0 bridgehead atoms. The summed E-state index contributed by atoms with van der Waals surface area (Å²) in [5.41, 5.74) is 1.73. The molecule has 0 radical (unpaired) electrons. The first-order valence-electron chi connectivity index (χ1n) is 10.2. The van der Waals surface area contributed by atoms with Gasteiger partial charge in [0.2, 0.25) is 0 Å². The molecule has 3 atom stereocenters. The van der Waals surface area contributed by atoms with Crippen molar-refractivity contribution in [2.45, 2.75) is 68.7 Å². The summed E-state index contributed by atoms with van der Waals surface area (Å²) >= 11 is 1.81. The molecule has 2 unspecified atom stereocenters. The van der Waals surface area contributed by atoms with Gasteiger partial charge in [0, 0.05) is 22.6 Å². The van der Waals surface area contributed by atoms with Crippen molar-refractivity contribution in [3.05, 3.63) is 48.1 Å². The van der Waals surface area contributed by atoms with Gasteiger partial charge >= 0.3 is 0 Å². The zero-order valence-electron chi connectivity index (χ0n) is 16.9. The maximum absolute atomic E-state index is 12.9. The molecule has 1 heterocycles. The van der Waals surface area contributed by atoms with E-state index in [1.54, 1.807) is 0 Å². The van der Waals surface area contributed by atoms with Crippen LogP contribution in [-0.2, 0) is 9.59 Å². The number of fused-ring (bicyclic) bond motifs is 2. The van der Waals surface area contributed by atoms with Crippen molar-refractivity contribution in [3.63, 3.8) is 0 Å². The summed E-state index contributed by atoms with van der Waals surface area (Å²) in [4.78, 5) is 26.7. The molecular formula is C23H30N2O2S. The summed E-state index contributed by atoms with van der Waals surface area (Å²) in [6, 6.07) is 7.91. The lowest BCUT2D eigenvalue weighted by molar-refractivity contribution is -0.126. The van der Waals surface area contributed by atoms with Crippen molar-refractivity contribution < 1.29 is 9.59 Å². The number of nitrogens with one attached hydrogen (secondary N) is 2. The van der Waals surface area contributed by atoms with E-state index in [2.05, 4.69) is 49.6 Å². The third kappa shape index (κ3) is 5.07. The normalized spacial score (nSPS) is 21.2. The molecule has 2 N–H and O–H groups in total. The van der Waals surface area contributed by atoms with E-state index in [9.17, 15) is 9.59 Å². The summed E-state index contributed by atoms with van der Waals surface area (Å²) in [6.45, 7) is 6.24. The molecule has 2 aliphatic rings. The minimum Gasteiger partial charge on any atom is -0.376 e. The van der Waals surface area contributed by atoms with Crippen LogP contribution in [0.4, 0.5) is 5.69 Å². The molecule has 0 aromatic heterocycles. The number of carbonyl (C=O) groups excluding carboxylic acids is 2. The van der Waals surface area contributed by atoms with Gasteiger partial charge in [-0.15, -0.1) is 11.8 Å². The van der Waals surface area contributed by atoms with Crippen LogP contribution in [0.5, 0.6) is 0 Å². The summed E-state index contributed by atoms with van der Waals surface area (Å²) < 4.78 is 0. The Morgan fingerprint density at radius 3 is 2.79 bits per heavy atom. The number of benzene rings is 1. The fourth-order valence-electron chi connectivity index (χ4n) is 3.57. The van der Waals surface area contributed by atoms with Crippen LogP contribution in [0.1, 0.15) is 46.5 Å². The molecule has 0 saturated heterocycles. The molecule has 1 aromatic carbocycles. The van der Waals surface area contributed by atoms with Crippen molar-refractivity contribution in [3.8, 4) is 0 Å². The highest BCUT2D eigenvalue weighted by Gasteiger charge is 2.30. The molecule has 0 saturated carbocycles. The van der Waals surface area contributed by atoms with Crippen molar-refractivity contribution in [2.75, 3.05) is 5.32 Å². The van der Waals surface area contributed by atoms with E-state index in [0.29, 0.717) is 24.3 Å². The van der Waals surface area contributed by atoms with Crippen LogP contribution < -0.4 is 10.6 Å². The minimum absolute atomic E-state index is 0.0741. The Hall–Kier alpha value is -2.01. The highest BCUT2D eigenvalue weighted by atomic mass is 32.2. The molecule has 3 rings (SSSR count). The van der Waals surface area contributed by atoms with Gasteiger partial charge in [0.15, 0.2) is 5.78 Å². The lowest BCUT2D eigenvalue weighted by Gasteiger charge is -2.33. The second-order valence-corrected chi connectivity index (χ2v) is 9.18. The number of amides is 1. The third-order valence-electron chi connectivity index (χ3n) is 5.09. The van der Waals surface area contributed by atoms with E-state index in [4.69, 9.17) is 0 Å². The quantitative estimate of drug-likeness (QED) is 0.665. The molecule has 0 fully saturated rings. The Kier molecular flexibility index (Phi) is 7.00. The Morgan fingerprint density at radius 2 is 2.04 bits per heavy atom. The number of para-hydroxylation sites is 1. The molecule has 0 spiro atoms. The molecule has 5 heteroatoms. The first-order chi connectivity index (χ1) is 13.5. The van der Waals surface area contributed by atoms with Gasteiger partial charge in [-0.2, -0.15) is 0 Å². The molecule has 150 valence electrons. The number of anilines is 1. The number of carbonyl (C=O) groups is 2. The van der Waals surface area contributed by atoms with E-state index in [0.717, 1.165) is 18.5 Å². The molecular weight excluding hydrogens is 368 g/mol. The van der Waals surface area contributed by atoms with E-state index in [1.807, 2.05) is 36.0 Å². The van der Waals surface area contributed by atoms with E-state index in [1.165, 1.54) is 4.90 Å². The second-order valence-electron chi connectivity index (χ2n) is 7.96. The monoisotopic (exact) mass is 398 g/mol. The summed E-state index contributed by atoms with van der Waals surface area (Å²) in [5.74, 6) is 0.336. The van der Waals surface area contributed by atoms with Gasteiger partial charge in [-0.1, -0.05) is 51.5 Å². The summed E-state index contributed by atoms with van der Waals surface area (Å²) in [7, 11) is 0. The first kappa shape index (κ1) is 20.7. The van der Waals surface area contributed by atoms with Gasteiger partial charge in [0.1, 0.15) is 0 Å². The molecule has 1 aliphatic carbocycles. The highest BCUT2D eigenvalue weighted by molar-refractivity contribution is 8.00. The van der Waals surface area contributed by atoms with Gasteiger partial charge in [0.05, 0.1) is 17.3 Å². The number of unbranched alkanes of at least 4 members (excludes halogenated alkanes) is 1. The molecule has 1 aliphatic heterocycles. The topological polar surface area (TPSA) is 58.2 Å². The van der Waals surface area contributed by atoms with Crippen LogP contribution in [0.25, 0.3) is 0 Å². The molecule has 1 aromatic rings. The standard InChI is InChI=1S/C23H30N2O2S/c1-4-5-9-20(26)18(13-15(2)3)25-23(27)16-11-12-22-19(14-16)24-17-8-6-7-10-21(17)28-22/h6-8,10-12,14-15,18-19,22,24H,4-5,9,13H2,1-3H3,(H,25,27)/t18-,19?,22?/m0/s1. The number of hydrogen-bond donors (Lipinski definition) is 2. The Bertz CT molecular complexity index is 785. The summed E-state index contributed by atoms with van der Waals surface area (Å²) in [5, 5.41) is 6.79. The highest BCUT2D eigenvalue weighted by Crippen LogP contribution is 2.40. The SMILES string of the molecule is CCCCC(=O)[C@H](CC(C)C)NC(=O)C1=CC2Nc3ccccc3SC2C=C1. The van der Waals surface area contributed by atoms with E-state index in [-0.39, 0.29) is 23.0 Å².